The SMILES string of the molecule is CC[C@H](C)NC(=O)[C@H](CC)N(Cc1ccc(F)cc1)C(=O)CCCN(c1cccc(C(F)(F)F)c1)S(C)(=O)=O. The van der Waals surface area contributed by atoms with Crippen LogP contribution in [0.4, 0.5) is 23.2 Å². The smallest absolute Gasteiger partial charge is 0.352 e. The first-order chi connectivity index (χ1) is 18.2. The van der Waals surface area contributed by atoms with Crippen molar-refractivity contribution in [1.29, 1.82) is 0 Å². The predicted octanol–water partition coefficient (Wildman–Crippen LogP) is 5.11. The van der Waals surface area contributed by atoms with Gasteiger partial charge in [0.25, 0.3) is 0 Å². The summed E-state index contributed by atoms with van der Waals surface area (Å²) in [6.45, 7) is 5.28. The lowest BCUT2D eigenvalue weighted by molar-refractivity contribution is -0.141. The minimum absolute atomic E-state index is 0.00845. The highest BCUT2D eigenvalue weighted by Crippen LogP contribution is 2.32. The highest BCUT2D eigenvalue weighted by Gasteiger charge is 2.32. The number of anilines is 1. The third kappa shape index (κ3) is 9.52. The van der Waals surface area contributed by atoms with Gasteiger partial charge in [0.15, 0.2) is 0 Å². The second-order valence-electron chi connectivity index (χ2n) is 9.38. The highest BCUT2D eigenvalue weighted by atomic mass is 32.2. The predicted molar refractivity (Wildman–Crippen MR) is 142 cm³/mol. The summed E-state index contributed by atoms with van der Waals surface area (Å²) in [5.41, 5.74) is -0.558. The van der Waals surface area contributed by atoms with E-state index in [2.05, 4.69) is 5.32 Å². The number of benzene rings is 2. The fraction of sp³-hybridized carbons (Fsp3) is 0.481. The number of carbonyl (C=O) groups excluding carboxylic acids is 2. The lowest BCUT2D eigenvalue weighted by Gasteiger charge is -2.32. The molecule has 0 unspecified atom stereocenters. The standard InChI is InChI=1S/C27H35F4N3O4S/c1-5-19(3)32-26(36)24(6-2)33(18-20-12-14-22(28)15-13-20)25(35)11-8-16-34(39(4,37)38)23-10-7-9-21(17-23)27(29,30)31/h7,9-10,12-15,17,19,24H,5-6,8,11,16,18H2,1-4H3,(H,32,36)/t19-,24-/m0/s1. The molecule has 2 rings (SSSR count). The Morgan fingerprint density at radius 2 is 1.67 bits per heavy atom. The number of halogens is 4. The molecule has 0 spiro atoms. The normalized spacial score (nSPS) is 13.4. The van der Waals surface area contributed by atoms with Crippen LogP contribution in [0.2, 0.25) is 0 Å². The zero-order chi connectivity index (χ0) is 29.4. The Balaban J connectivity index is 2.26. The topological polar surface area (TPSA) is 86.8 Å². The van der Waals surface area contributed by atoms with Gasteiger partial charge in [0, 0.05) is 25.6 Å². The molecule has 1 N–H and O–H groups in total. The highest BCUT2D eigenvalue weighted by molar-refractivity contribution is 7.92. The summed E-state index contributed by atoms with van der Waals surface area (Å²) in [5.74, 6) is -1.24. The Bertz CT molecular complexity index is 1220. The third-order valence-electron chi connectivity index (χ3n) is 6.27. The monoisotopic (exact) mass is 573 g/mol. The van der Waals surface area contributed by atoms with Crippen LogP contribution < -0.4 is 9.62 Å². The largest absolute Gasteiger partial charge is 0.416 e. The van der Waals surface area contributed by atoms with E-state index in [1.807, 2.05) is 13.8 Å². The first-order valence-corrected chi connectivity index (χ1v) is 14.5. The van der Waals surface area contributed by atoms with Gasteiger partial charge in [-0.05, 0) is 62.1 Å². The van der Waals surface area contributed by atoms with Gasteiger partial charge in [0.2, 0.25) is 21.8 Å². The molecule has 216 valence electrons. The molecule has 0 aromatic heterocycles. The van der Waals surface area contributed by atoms with Gasteiger partial charge in [-0.3, -0.25) is 13.9 Å². The van der Waals surface area contributed by atoms with Crippen LogP contribution in [0.1, 0.15) is 57.6 Å². The number of amides is 2. The molecule has 0 fully saturated rings. The first kappa shape index (κ1) is 32.1. The molecule has 2 aromatic rings. The Hall–Kier alpha value is -3.15. The van der Waals surface area contributed by atoms with E-state index in [-0.39, 0.29) is 43.6 Å². The van der Waals surface area contributed by atoms with Crippen molar-refractivity contribution in [3.63, 3.8) is 0 Å². The van der Waals surface area contributed by atoms with Crippen molar-refractivity contribution in [2.45, 2.75) is 71.3 Å². The Kier molecular flexibility index (Phi) is 11.3. The van der Waals surface area contributed by atoms with Crippen LogP contribution in [0.3, 0.4) is 0 Å². The maximum atomic E-state index is 13.4. The molecule has 0 bridgehead atoms. The van der Waals surface area contributed by atoms with Gasteiger partial charge in [0.1, 0.15) is 11.9 Å². The van der Waals surface area contributed by atoms with E-state index in [1.165, 1.54) is 35.2 Å². The second kappa shape index (κ2) is 13.8. The zero-order valence-corrected chi connectivity index (χ0v) is 23.3. The fourth-order valence-corrected chi connectivity index (χ4v) is 4.95. The summed E-state index contributed by atoms with van der Waals surface area (Å²) < 4.78 is 78.6. The summed E-state index contributed by atoms with van der Waals surface area (Å²) in [4.78, 5) is 27.8. The third-order valence-corrected chi connectivity index (χ3v) is 7.46. The van der Waals surface area contributed by atoms with Crippen LogP contribution in [-0.4, -0.2) is 50.0 Å². The van der Waals surface area contributed by atoms with Crippen molar-refractivity contribution in [3.05, 3.63) is 65.5 Å². The Labute approximate surface area is 227 Å². The van der Waals surface area contributed by atoms with Crippen molar-refractivity contribution in [1.82, 2.24) is 10.2 Å². The summed E-state index contributed by atoms with van der Waals surface area (Å²) in [6, 6.07) is 8.53. The molecular weight excluding hydrogens is 538 g/mol. The van der Waals surface area contributed by atoms with E-state index in [9.17, 15) is 35.6 Å². The number of sulfonamides is 1. The molecule has 0 aliphatic rings. The van der Waals surface area contributed by atoms with E-state index in [0.29, 0.717) is 18.4 Å². The lowest BCUT2D eigenvalue weighted by Crippen LogP contribution is -2.50. The van der Waals surface area contributed by atoms with Gasteiger partial charge in [-0.2, -0.15) is 13.2 Å². The van der Waals surface area contributed by atoms with Crippen molar-refractivity contribution in [2.24, 2.45) is 0 Å². The molecule has 12 heteroatoms. The van der Waals surface area contributed by atoms with Crippen LogP contribution in [0.5, 0.6) is 0 Å². The summed E-state index contributed by atoms with van der Waals surface area (Å²) in [5, 5.41) is 2.87. The van der Waals surface area contributed by atoms with Crippen molar-refractivity contribution in [2.75, 3.05) is 17.1 Å². The van der Waals surface area contributed by atoms with Gasteiger partial charge in [-0.1, -0.05) is 32.0 Å². The molecule has 0 saturated carbocycles. The molecule has 0 aliphatic carbocycles. The van der Waals surface area contributed by atoms with E-state index in [1.54, 1.807) is 6.92 Å². The van der Waals surface area contributed by atoms with Gasteiger partial charge in [-0.15, -0.1) is 0 Å². The molecule has 2 atom stereocenters. The zero-order valence-electron chi connectivity index (χ0n) is 22.5. The number of nitrogens with one attached hydrogen (secondary N) is 1. The molecule has 0 heterocycles. The first-order valence-electron chi connectivity index (χ1n) is 12.7. The number of hydrogen-bond acceptors (Lipinski definition) is 4. The van der Waals surface area contributed by atoms with Crippen molar-refractivity contribution >= 4 is 27.5 Å². The lowest BCUT2D eigenvalue weighted by atomic mass is 10.1. The second-order valence-corrected chi connectivity index (χ2v) is 11.3. The molecule has 0 radical (unpaired) electrons. The van der Waals surface area contributed by atoms with Crippen LogP contribution in [0, 0.1) is 5.82 Å². The maximum Gasteiger partial charge on any atom is 0.416 e. The van der Waals surface area contributed by atoms with E-state index in [4.69, 9.17) is 0 Å². The number of nitrogens with zero attached hydrogens (tertiary/aromatic N) is 2. The number of hydrogen-bond donors (Lipinski definition) is 1. The maximum absolute atomic E-state index is 13.4. The van der Waals surface area contributed by atoms with E-state index in [0.717, 1.165) is 28.8 Å². The fourth-order valence-electron chi connectivity index (χ4n) is 3.99. The Morgan fingerprint density at radius 3 is 2.21 bits per heavy atom. The van der Waals surface area contributed by atoms with E-state index < -0.39 is 39.5 Å². The van der Waals surface area contributed by atoms with Crippen LogP contribution in [-0.2, 0) is 32.3 Å². The molecule has 0 aliphatic heterocycles. The minimum Gasteiger partial charge on any atom is -0.352 e. The molecular formula is C27H35F4N3O4S. The van der Waals surface area contributed by atoms with Crippen LogP contribution in [0.25, 0.3) is 0 Å². The average molecular weight is 574 g/mol. The quantitative estimate of drug-likeness (QED) is 0.338. The summed E-state index contributed by atoms with van der Waals surface area (Å²) in [6.07, 6.45) is -2.96. The molecule has 2 amide bonds. The molecule has 39 heavy (non-hydrogen) atoms. The van der Waals surface area contributed by atoms with Crippen LogP contribution in [0.15, 0.2) is 48.5 Å². The van der Waals surface area contributed by atoms with Gasteiger partial charge < -0.3 is 10.2 Å². The van der Waals surface area contributed by atoms with Crippen molar-refractivity contribution < 1.29 is 35.6 Å². The van der Waals surface area contributed by atoms with Crippen LogP contribution >= 0.6 is 0 Å². The van der Waals surface area contributed by atoms with Crippen molar-refractivity contribution in [3.8, 4) is 0 Å². The van der Waals surface area contributed by atoms with Gasteiger partial charge in [0.05, 0.1) is 17.5 Å². The summed E-state index contributed by atoms with van der Waals surface area (Å²) in [7, 11) is -3.96. The number of alkyl halides is 3. The van der Waals surface area contributed by atoms with Gasteiger partial charge in [-0.25, -0.2) is 12.8 Å². The minimum atomic E-state index is -4.65. The van der Waals surface area contributed by atoms with E-state index >= 15 is 0 Å². The average Bonchev–Trinajstić information content (AvgIpc) is 2.86. The number of rotatable bonds is 13. The Morgan fingerprint density at radius 1 is 1.03 bits per heavy atom. The molecule has 7 nitrogen and oxygen atoms in total. The molecule has 0 saturated heterocycles. The molecule has 2 aromatic carbocycles. The summed E-state index contributed by atoms with van der Waals surface area (Å²) >= 11 is 0. The number of carbonyl (C=O) groups is 2. The van der Waals surface area contributed by atoms with Gasteiger partial charge >= 0.3 is 6.18 Å².